The minimum absolute atomic E-state index is 0.154. The second-order valence-electron chi connectivity index (χ2n) is 10.9. The topological polar surface area (TPSA) is 67.6 Å². The quantitative estimate of drug-likeness (QED) is 0.249. The Kier molecular flexibility index (Phi) is 13.1. The van der Waals surface area contributed by atoms with Gasteiger partial charge in [-0.2, -0.15) is 0 Å². The van der Waals surface area contributed by atoms with Gasteiger partial charge in [0.2, 0.25) is 0 Å². The highest BCUT2D eigenvalue weighted by molar-refractivity contribution is 4.90. The number of hydrogen-bond acceptors (Lipinski definition) is 6. The van der Waals surface area contributed by atoms with Crippen molar-refractivity contribution in [2.45, 2.75) is 137 Å². The van der Waals surface area contributed by atoms with Crippen molar-refractivity contribution in [1.29, 1.82) is 0 Å². The molecule has 7 nitrogen and oxygen atoms in total. The number of ether oxygens (including phenoxy) is 4. The van der Waals surface area contributed by atoms with Crippen LogP contribution in [-0.2, 0) is 32.1 Å². The van der Waals surface area contributed by atoms with E-state index in [-0.39, 0.29) is 16.8 Å². The third-order valence-corrected chi connectivity index (χ3v) is 5.94. The lowest BCUT2D eigenvalue weighted by Crippen LogP contribution is -2.31. The van der Waals surface area contributed by atoms with Gasteiger partial charge in [0.05, 0.1) is 42.3 Å². The number of unbranched alkanes of at least 4 members (excludes halogenated alkanes) is 1. The van der Waals surface area contributed by atoms with E-state index in [1.807, 2.05) is 17.8 Å². The predicted molar refractivity (Wildman–Crippen MR) is 133 cm³/mol. The van der Waals surface area contributed by atoms with Crippen molar-refractivity contribution in [3.8, 4) is 0 Å². The van der Waals surface area contributed by atoms with Crippen molar-refractivity contribution in [3.63, 3.8) is 0 Å². The van der Waals surface area contributed by atoms with Crippen molar-refractivity contribution < 1.29 is 18.9 Å². The van der Waals surface area contributed by atoms with E-state index >= 15 is 0 Å². The van der Waals surface area contributed by atoms with Crippen LogP contribution < -0.4 is 0 Å². The van der Waals surface area contributed by atoms with Crippen molar-refractivity contribution in [2.24, 2.45) is 0 Å². The van der Waals surface area contributed by atoms with Crippen molar-refractivity contribution in [3.05, 3.63) is 11.9 Å². The molecule has 1 aromatic heterocycles. The highest BCUT2D eigenvalue weighted by Crippen LogP contribution is 2.21. The normalized spacial score (nSPS) is 14.1. The molecule has 0 aromatic carbocycles. The molecule has 33 heavy (non-hydrogen) atoms. The van der Waals surface area contributed by atoms with Gasteiger partial charge in [-0.1, -0.05) is 25.0 Å². The number of aromatic nitrogens is 3. The molecule has 0 saturated carbocycles. The zero-order chi connectivity index (χ0) is 25.0. The molecule has 194 valence electrons. The monoisotopic (exact) mass is 469 g/mol. The summed E-state index contributed by atoms with van der Waals surface area (Å²) in [5, 5.41) is 8.54. The molecular weight excluding hydrogens is 418 g/mol. The average molecular weight is 470 g/mol. The van der Waals surface area contributed by atoms with Gasteiger partial charge >= 0.3 is 0 Å². The molecule has 1 rings (SSSR count). The van der Waals surface area contributed by atoms with Gasteiger partial charge in [0.25, 0.3) is 0 Å². The van der Waals surface area contributed by atoms with Gasteiger partial charge in [-0.3, -0.25) is 4.68 Å². The number of nitrogens with zero attached hydrogens (tertiary/aromatic N) is 3. The Labute approximate surface area is 202 Å². The SMILES string of the molecule is CCCCC(C)OCCC(C)(C)OCc1cn(CCC(C)(C)OCCC(C)(C)OCC)nn1. The lowest BCUT2D eigenvalue weighted by Gasteiger charge is -2.29. The highest BCUT2D eigenvalue weighted by Gasteiger charge is 2.23. The first-order chi connectivity index (χ1) is 15.4. The molecule has 1 aromatic rings. The summed E-state index contributed by atoms with van der Waals surface area (Å²) in [5.74, 6) is 0. The van der Waals surface area contributed by atoms with Crippen LogP contribution in [0.15, 0.2) is 6.20 Å². The highest BCUT2D eigenvalue weighted by atomic mass is 16.5. The Morgan fingerprint density at radius 1 is 0.879 bits per heavy atom. The largest absolute Gasteiger partial charge is 0.378 e. The lowest BCUT2D eigenvalue weighted by molar-refractivity contribution is -0.0728. The van der Waals surface area contributed by atoms with Crippen LogP contribution in [0.4, 0.5) is 0 Å². The third-order valence-electron chi connectivity index (χ3n) is 5.94. The fraction of sp³-hybridized carbons (Fsp3) is 0.923. The van der Waals surface area contributed by atoms with E-state index in [9.17, 15) is 0 Å². The van der Waals surface area contributed by atoms with Gasteiger partial charge in [-0.15, -0.1) is 5.10 Å². The van der Waals surface area contributed by atoms with Gasteiger partial charge in [-0.25, -0.2) is 0 Å². The molecule has 0 fully saturated rings. The van der Waals surface area contributed by atoms with Crippen molar-refractivity contribution in [1.82, 2.24) is 15.0 Å². The van der Waals surface area contributed by atoms with Gasteiger partial charge in [-0.05, 0) is 81.1 Å². The fourth-order valence-corrected chi connectivity index (χ4v) is 3.43. The van der Waals surface area contributed by atoms with Gasteiger partial charge in [0.1, 0.15) is 5.69 Å². The Balaban J connectivity index is 2.34. The van der Waals surface area contributed by atoms with E-state index in [0.29, 0.717) is 25.9 Å². The molecule has 0 aliphatic carbocycles. The van der Waals surface area contributed by atoms with E-state index in [2.05, 4.69) is 65.7 Å². The summed E-state index contributed by atoms with van der Waals surface area (Å²) in [7, 11) is 0. The summed E-state index contributed by atoms with van der Waals surface area (Å²) in [6.07, 6.45) is 8.39. The van der Waals surface area contributed by atoms with Crippen LogP contribution in [0.3, 0.4) is 0 Å². The maximum atomic E-state index is 6.13. The molecule has 0 saturated heterocycles. The Hall–Kier alpha value is -1.02. The number of aryl methyl sites for hydroxylation is 1. The fourth-order valence-electron chi connectivity index (χ4n) is 3.43. The first-order valence-electron chi connectivity index (χ1n) is 12.8. The molecule has 0 aliphatic heterocycles. The molecule has 0 aliphatic rings. The molecule has 1 heterocycles. The van der Waals surface area contributed by atoms with Gasteiger partial charge in [0, 0.05) is 19.8 Å². The molecule has 0 N–H and O–H groups in total. The minimum atomic E-state index is -0.265. The van der Waals surface area contributed by atoms with Gasteiger partial charge in [0.15, 0.2) is 0 Å². The molecular formula is C26H51N3O4. The summed E-state index contributed by atoms with van der Waals surface area (Å²) >= 11 is 0. The third kappa shape index (κ3) is 14.1. The summed E-state index contributed by atoms with van der Waals surface area (Å²) in [4.78, 5) is 0. The summed E-state index contributed by atoms with van der Waals surface area (Å²) in [5.41, 5.74) is 0.191. The lowest BCUT2D eigenvalue weighted by atomic mass is 10.0. The number of rotatable bonds is 19. The van der Waals surface area contributed by atoms with E-state index in [1.54, 1.807) is 0 Å². The van der Waals surface area contributed by atoms with E-state index < -0.39 is 0 Å². The van der Waals surface area contributed by atoms with Crippen LogP contribution in [0.5, 0.6) is 0 Å². The zero-order valence-corrected chi connectivity index (χ0v) is 22.9. The summed E-state index contributed by atoms with van der Waals surface area (Å²) < 4.78 is 25.8. The Morgan fingerprint density at radius 2 is 1.52 bits per heavy atom. The number of hydrogen-bond donors (Lipinski definition) is 0. The van der Waals surface area contributed by atoms with Gasteiger partial charge < -0.3 is 18.9 Å². The van der Waals surface area contributed by atoms with Crippen LogP contribution in [0.2, 0.25) is 0 Å². The van der Waals surface area contributed by atoms with E-state index in [0.717, 1.165) is 44.5 Å². The van der Waals surface area contributed by atoms with E-state index in [4.69, 9.17) is 18.9 Å². The van der Waals surface area contributed by atoms with Crippen LogP contribution in [0, 0.1) is 0 Å². The molecule has 7 heteroatoms. The minimum Gasteiger partial charge on any atom is -0.378 e. The van der Waals surface area contributed by atoms with Crippen LogP contribution in [0.1, 0.15) is 107 Å². The summed E-state index contributed by atoms with van der Waals surface area (Å²) in [6, 6.07) is 0. The summed E-state index contributed by atoms with van der Waals surface area (Å²) in [6.45, 7) is 22.3. The van der Waals surface area contributed by atoms with Crippen LogP contribution in [0.25, 0.3) is 0 Å². The van der Waals surface area contributed by atoms with Crippen molar-refractivity contribution in [2.75, 3.05) is 19.8 Å². The zero-order valence-electron chi connectivity index (χ0n) is 22.9. The molecule has 0 spiro atoms. The molecule has 1 atom stereocenters. The van der Waals surface area contributed by atoms with E-state index in [1.165, 1.54) is 12.8 Å². The molecule has 0 amide bonds. The maximum Gasteiger partial charge on any atom is 0.108 e. The van der Waals surface area contributed by atoms with Crippen LogP contribution >= 0.6 is 0 Å². The smallest absolute Gasteiger partial charge is 0.108 e. The average Bonchev–Trinajstić information content (AvgIpc) is 3.17. The first kappa shape index (κ1) is 30.0. The maximum absolute atomic E-state index is 6.13. The first-order valence-corrected chi connectivity index (χ1v) is 12.8. The second-order valence-corrected chi connectivity index (χ2v) is 10.9. The molecule has 0 bridgehead atoms. The van der Waals surface area contributed by atoms with Crippen LogP contribution in [-0.4, -0.2) is 57.7 Å². The Morgan fingerprint density at radius 3 is 2.18 bits per heavy atom. The van der Waals surface area contributed by atoms with Crippen molar-refractivity contribution >= 4 is 0 Å². The second kappa shape index (κ2) is 14.4. The predicted octanol–water partition coefficient (Wildman–Crippen LogP) is 5.95. The standard InChI is InChI=1S/C26H51N3O4/c1-10-12-13-22(3)30-18-15-26(8,9)33-21-23-20-29(28-27-23)17-14-24(4,5)32-19-16-25(6,7)31-11-2/h20,22H,10-19,21H2,1-9H3. The molecule has 1 unspecified atom stereocenters. The molecule has 0 radical (unpaired) electrons. The Bertz CT molecular complexity index is 643.